The topological polar surface area (TPSA) is 101 Å². The Morgan fingerprint density at radius 2 is 0.872 bits per heavy atom. The molecule has 0 saturated heterocycles. The van der Waals surface area contributed by atoms with Crippen LogP contribution in [0.4, 0.5) is 0 Å². The van der Waals surface area contributed by atoms with Gasteiger partial charge in [0.1, 0.15) is 0 Å². The zero-order chi connectivity index (χ0) is 35.1. The van der Waals surface area contributed by atoms with Crippen LogP contribution in [0, 0.1) is 0 Å². The third kappa shape index (κ3) is 19.0. The van der Waals surface area contributed by atoms with Crippen LogP contribution in [0.25, 0.3) is 0 Å². The molecule has 0 aliphatic heterocycles. The SMILES string of the molecule is CCCCON(P(NP)OCCCC)P(N=P(OCCCC)(OCCCC)OCCCC)(OCCCC)(OCCCC)OCCCC. The molecule has 1 N–H and O–H groups in total. The van der Waals surface area contributed by atoms with Crippen molar-refractivity contribution < 1.29 is 36.5 Å². The molecule has 0 aromatic rings. The number of unbranched alkanes of at least 4 members (excludes halogenated alkanes) is 8. The van der Waals surface area contributed by atoms with Crippen molar-refractivity contribution in [2.45, 2.75) is 158 Å². The average Bonchev–Trinajstić information content (AvgIpc) is 3.06. The Kier molecular flexibility index (Phi) is 31.5. The Hall–Kier alpha value is 1.12. The van der Waals surface area contributed by atoms with E-state index in [2.05, 4.69) is 69.6 Å². The molecule has 0 aromatic carbocycles. The quantitative estimate of drug-likeness (QED) is 0.0378. The van der Waals surface area contributed by atoms with Crippen LogP contribution in [-0.4, -0.2) is 57.5 Å². The first-order valence-corrected chi connectivity index (χ1v) is 23.9. The molecule has 15 heteroatoms. The molecule has 2 atom stereocenters. The maximum atomic E-state index is 7.10. The molecular formula is C32H75N3O8P4. The fraction of sp³-hybridized carbons (Fsp3) is 1.00. The van der Waals surface area contributed by atoms with Crippen LogP contribution in [0.1, 0.15) is 158 Å². The zero-order valence-corrected chi connectivity index (χ0v) is 35.4. The molecule has 0 heterocycles. The van der Waals surface area contributed by atoms with Crippen LogP contribution < -0.4 is 4.86 Å². The molecule has 0 aliphatic rings. The van der Waals surface area contributed by atoms with Gasteiger partial charge in [0, 0.05) is 0 Å². The van der Waals surface area contributed by atoms with Crippen molar-refractivity contribution in [1.82, 2.24) is 9.46 Å². The predicted molar refractivity (Wildman–Crippen MR) is 205 cm³/mol. The van der Waals surface area contributed by atoms with Crippen LogP contribution in [0.3, 0.4) is 0 Å². The van der Waals surface area contributed by atoms with Gasteiger partial charge in [-0.2, -0.15) is 0 Å². The molecule has 0 aliphatic carbocycles. The average molecular weight is 754 g/mol. The van der Waals surface area contributed by atoms with Gasteiger partial charge >= 0.3 is 295 Å². The van der Waals surface area contributed by atoms with Crippen molar-refractivity contribution in [3.05, 3.63) is 0 Å². The van der Waals surface area contributed by atoms with Gasteiger partial charge < -0.3 is 0 Å². The molecular weight excluding hydrogens is 678 g/mol. The van der Waals surface area contributed by atoms with Gasteiger partial charge in [-0.05, 0) is 0 Å². The molecule has 0 bridgehead atoms. The Morgan fingerprint density at radius 1 is 0.532 bits per heavy atom. The molecule has 47 heavy (non-hydrogen) atoms. The summed E-state index contributed by atoms with van der Waals surface area (Å²) in [5, 5.41) is 0. The number of nitrogens with one attached hydrogen (secondary N) is 1. The Labute approximate surface area is 294 Å². The third-order valence-electron chi connectivity index (χ3n) is 6.91. The van der Waals surface area contributed by atoms with Gasteiger partial charge in [-0.25, -0.2) is 0 Å². The summed E-state index contributed by atoms with van der Waals surface area (Å²) in [7, 11) is -7.45. The molecule has 0 amide bonds. The standard InChI is InChI=1S/C32H75N3O8P4/c1-9-17-25-36-35(45(33-44)37-26-18-10-2)47(41-30-22-14-6,42-31-23-15-7,43-32-24-16-8)34-46(38-27-19-11-3,39-28-20-12-4)40-29-21-13-5/h33H,9-32,44H2,1-8H3. The third-order valence-corrected chi connectivity index (χ3v) is 16.2. The fourth-order valence-corrected chi connectivity index (χ4v) is 14.0. The van der Waals surface area contributed by atoms with Gasteiger partial charge in [0.2, 0.25) is 0 Å². The monoisotopic (exact) mass is 753 g/mol. The number of rotatable bonds is 36. The Balaban J connectivity index is 8.13. The molecule has 0 radical (unpaired) electrons. The van der Waals surface area contributed by atoms with Crippen LogP contribution in [-0.2, 0) is 36.5 Å². The van der Waals surface area contributed by atoms with Gasteiger partial charge in [-0.3, -0.25) is 0 Å². The van der Waals surface area contributed by atoms with E-state index in [0.717, 1.165) is 103 Å². The molecule has 286 valence electrons. The number of hydrogen-bond donors (Lipinski definition) is 1. The van der Waals surface area contributed by atoms with Crippen molar-refractivity contribution >= 4 is 33.2 Å². The first-order valence-electron chi connectivity index (χ1n) is 18.7. The summed E-state index contributed by atoms with van der Waals surface area (Å²) in [6.07, 6.45) is 14.1. The van der Waals surface area contributed by atoms with Crippen molar-refractivity contribution in [3.8, 4) is 0 Å². The van der Waals surface area contributed by atoms with Gasteiger partial charge in [0.05, 0.1) is 0 Å². The van der Waals surface area contributed by atoms with Crippen LogP contribution in [0.5, 0.6) is 0 Å². The van der Waals surface area contributed by atoms with Crippen molar-refractivity contribution in [2.24, 2.45) is 4.52 Å². The van der Waals surface area contributed by atoms with E-state index >= 15 is 0 Å². The first-order chi connectivity index (χ1) is 22.9. The summed E-state index contributed by atoms with van der Waals surface area (Å²) in [5.74, 6) is 0. The van der Waals surface area contributed by atoms with Crippen LogP contribution in [0.15, 0.2) is 4.52 Å². The fourth-order valence-electron chi connectivity index (χ4n) is 3.82. The van der Waals surface area contributed by atoms with E-state index in [1.807, 2.05) is 0 Å². The van der Waals surface area contributed by atoms with E-state index in [1.165, 1.54) is 0 Å². The van der Waals surface area contributed by atoms with Crippen molar-refractivity contribution in [3.63, 3.8) is 0 Å². The maximum absolute atomic E-state index is 7.10. The summed E-state index contributed by atoms with van der Waals surface area (Å²) in [6.45, 7) is 20.4. The second-order valence-electron chi connectivity index (χ2n) is 11.5. The van der Waals surface area contributed by atoms with E-state index in [1.54, 1.807) is 4.60 Å². The molecule has 0 rings (SSSR count). The van der Waals surface area contributed by atoms with E-state index in [-0.39, 0.29) is 0 Å². The van der Waals surface area contributed by atoms with E-state index in [4.69, 9.17) is 41.0 Å². The molecule has 0 fully saturated rings. The van der Waals surface area contributed by atoms with Crippen LogP contribution in [0.2, 0.25) is 0 Å². The van der Waals surface area contributed by atoms with E-state index < -0.39 is 23.8 Å². The van der Waals surface area contributed by atoms with Gasteiger partial charge in [-0.15, -0.1) is 0 Å². The second-order valence-corrected chi connectivity index (χ2v) is 19.2. The molecule has 0 aromatic heterocycles. The zero-order valence-electron chi connectivity index (χ0n) is 31.5. The predicted octanol–water partition coefficient (Wildman–Crippen LogP) is 12.4. The van der Waals surface area contributed by atoms with Gasteiger partial charge in [0.15, 0.2) is 0 Å². The molecule has 0 spiro atoms. The van der Waals surface area contributed by atoms with Gasteiger partial charge in [-0.1, -0.05) is 0 Å². The van der Waals surface area contributed by atoms with Crippen molar-refractivity contribution in [1.29, 1.82) is 0 Å². The molecule has 0 saturated carbocycles. The first kappa shape index (κ1) is 48.1. The Morgan fingerprint density at radius 3 is 1.23 bits per heavy atom. The summed E-state index contributed by atoms with van der Waals surface area (Å²) in [6, 6.07) is 0. The molecule has 2 unspecified atom stereocenters. The van der Waals surface area contributed by atoms with E-state index in [9.17, 15) is 0 Å². The van der Waals surface area contributed by atoms with Crippen LogP contribution >= 0.6 is 33.2 Å². The normalized spacial score (nSPS) is 14.0. The minimum absolute atomic E-state index is 0.345. The Bertz CT molecular complexity index is 713. The summed E-state index contributed by atoms with van der Waals surface area (Å²) in [4.78, 5) is 10.1. The van der Waals surface area contributed by atoms with E-state index in [0.29, 0.717) is 52.9 Å². The summed E-state index contributed by atoms with van der Waals surface area (Å²) >= 11 is 0. The summed E-state index contributed by atoms with van der Waals surface area (Å²) in [5.41, 5.74) is 0. The summed E-state index contributed by atoms with van der Waals surface area (Å²) < 4.78 is 55.2. The van der Waals surface area contributed by atoms with Gasteiger partial charge in [0.25, 0.3) is 0 Å². The molecule has 11 nitrogen and oxygen atoms in total. The number of hydrogen-bond acceptors (Lipinski definition) is 11. The number of nitrogens with zero attached hydrogens (tertiary/aromatic N) is 2. The second kappa shape index (κ2) is 30.7. The van der Waals surface area contributed by atoms with Crippen molar-refractivity contribution in [2.75, 3.05) is 52.9 Å². The minimum atomic E-state index is -4.89.